The van der Waals surface area contributed by atoms with Crippen LogP contribution >= 0.6 is 11.8 Å². The Morgan fingerprint density at radius 2 is 2.18 bits per heavy atom. The van der Waals surface area contributed by atoms with Crippen LogP contribution in [0, 0.1) is 13.8 Å². The normalized spacial score (nSPS) is 21.7. The van der Waals surface area contributed by atoms with Crippen LogP contribution in [0.1, 0.15) is 48.9 Å². The molecule has 1 aromatic rings. The summed E-state index contributed by atoms with van der Waals surface area (Å²) in [5, 5.41) is 5.70. The molecule has 1 aromatic carbocycles. The van der Waals surface area contributed by atoms with Crippen LogP contribution in [0.3, 0.4) is 0 Å². The van der Waals surface area contributed by atoms with E-state index in [4.69, 9.17) is 14.5 Å². The summed E-state index contributed by atoms with van der Waals surface area (Å²) in [5.41, 5.74) is 5.09. The van der Waals surface area contributed by atoms with E-state index in [-0.39, 0.29) is 25.0 Å². The molecule has 0 saturated carbocycles. The Labute approximate surface area is 205 Å². The fourth-order valence-corrected chi connectivity index (χ4v) is 5.49. The highest BCUT2D eigenvalue weighted by molar-refractivity contribution is 8.16. The van der Waals surface area contributed by atoms with Crippen molar-refractivity contribution in [3.63, 3.8) is 0 Å². The topological polar surface area (TPSA) is 80.2 Å². The molecule has 180 valence electrons. The van der Waals surface area contributed by atoms with Crippen molar-refractivity contribution in [2.24, 2.45) is 4.99 Å². The zero-order chi connectivity index (χ0) is 24.2. The third kappa shape index (κ3) is 5.13. The number of esters is 1. The van der Waals surface area contributed by atoms with Gasteiger partial charge in [-0.25, -0.2) is 9.79 Å². The standard InChI is InChI=1S/C26H31N3O4S/c1-5-10-33-25(31)23-18(4)28-26-29(24(23)21-9-8-16(2)12-17(21)3)19(15-34-26)13-22(30)27-14-20-7-6-11-32-20/h5,8-9,12,15,20,24H,1,6-7,10-11,13-14H2,2-4H3,(H,27,30)/t20-,24-/m0/s1. The first-order valence-corrected chi connectivity index (χ1v) is 12.4. The van der Waals surface area contributed by atoms with Gasteiger partial charge in [-0.1, -0.05) is 48.2 Å². The van der Waals surface area contributed by atoms with E-state index in [0.29, 0.717) is 17.8 Å². The highest BCUT2D eigenvalue weighted by atomic mass is 32.2. The van der Waals surface area contributed by atoms with Gasteiger partial charge in [0.05, 0.1) is 29.8 Å². The Balaban J connectivity index is 1.63. The first kappa shape index (κ1) is 24.3. The Kier molecular flexibility index (Phi) is 7.58. The van der Waals surface area contributed by atoms with Crippen molar-refractivity contribution in [2.45, 2.75) is 52.2 Å². The van der Waals surface area contributed by atoms with Crippen LogP contribution in [-0.4, -0.2) is 47.8 Å². The predicted molar refractivity (Wildman–Crippen MR) is 134 cm³/mol. The summed E-state index contributed by atoms with van der Waals surface area (Å²) in [5.74, 6) is -0.505. The van der Waals surface area contributed by atoms with Crippen LogP contribution in [0.2, 0.25) is 0 Å². The van der Waals surface area contributed by atoms with Crippen LogP contribution in [0.25, 0.3) is 0 Å². The highest BCUT2D eigenvalue weighted by Gasteiger charge is 2.41. The molecule has 4 rings (SSSR count). The molecule has 0 spiro atoms. The molecule has 3 heterocycles. The second kappa shape index (κ2) is 10.6. The molecule has 3 aliphatic heterocycles. The molecule has 34 heavy (non-hydrogen) atoms. The SMILES string of the molecule is C=CCOC(=O)C1=C(C)N=C2SC=C(CC(=O)NC[C@@H]3CCCO3)N2[C@H]1c1ccc(C)cc1C. The number of carbonyl (C=O) groups is 2. The lowest BCUT2D eigenvalue weighted by Gasteiger charge is -2.37. The van der Waals surface area contributed by atoms with Gasteiger partial charge in [0.25, 0.3) is 0 Å². The van der Waals surface area contributed by atoms with Crippen LogP contribution in [-0.2, 0) is 19.1 Å². The van der Waals surface area contributed by atoms with Gasteiger partial charge in [-0.2, -0.15) is 0 Å². The molecule has 3 aliphatic rings. The lowest BCUT2D eigenvalue weighted by molar-refractivity contribution is -0.138. The maximum absolute atomic E-state index is 13.2. The number of nitrogens with one attached hydrogen (secondary N) is 1. The molecule has 1 saturated heterocycles. The minimum Gasteiger partial charge on any atom is -0.458 e. The van der Waals surface area contributed by atoms with Crippen molar-refractivity contribution >= 4 is 28.8 Å². The van der Waals surface area contributed by atoms with Crippen LogP contribution in [0.4, 0.5) is 0 Å². The van der Waals surface area contributed by atoms with E-state index in [9.17, 15) is 9.59 Å². The Hall–Kier alpha value is -2.84. The van der Waals surface area contributed by atoms with Crippen LogP contribution < -0.4 is 5.32 Å². The molecular weight excluding hydrogens is 450 g/mol. The number of amides is 1. The zero-order valence-corrected chi connectivity index (χ0v) is 20.7. The monoisotopic (exact) mass is 481 g/mol. The summed E-state index contributed by atoms with van der Waals surface area (Å²) in [7, 11) is 0. The Morgan fingerprint density at radius 3 is 2.88 bits per heavy atom. The van der Waals surface area contributed by atoms with E-state index >= 15 is 0 Å². The lowest BCUT2D eigenvalue weighted by Crippen LogP contribution is -2.39. The summed E-state index contributed by atoms with van der Waals surface area (Å²) in [6, 6.07) is 5.75. The number of hydrogen-bond acceptors (Lipinski definition) is 7. The van der Waals surface area contributed by atoms with Crippen molar-refractivity contribution in [2.75, 3.05) is 19.8 Å². The number of nitrogens with zero attached hydrogens (tertiary/aromatic N) is 2. The van der Waals surface area contributed by atoms with E-state index in [1.807, 2.05) is 43.2 Å². The maximum atomic E-state index is 13.2. The number of benzene rings is 1. The quantitative estimate of drug-likeness (QED) is 0.441. The van der Waals surface area contributed by atoms with E-state index in [1.165, 1.54) is 11.8 Å². The molecule has 1 fully saturated rings. The van der Waals surface area contributed by atoms with Gasteiger partial charge < -0.3 is 19.7 Å². The first-order valence-electron chi connectivity index (χ1n) is 11.6. The van der Waals surface area contributed by atoms with E-state index < -0.39 is 12.0 Å². The largest absolute Gasteiger partial charge is 0.458 e. The van der Waals surface area contributed by atoms with Crippen molar-refractivity contribution in [1.29, 1.82) is 0 Å². The van der Waals surface area contributed by atoms with Gasteiger partial charge in [0.2, 0.25) is 5.91 Å². The minimum absolute atomic E-state index is 0.0787. The average Bonchev–Trinajstić information content (AvgIpc) is 3.45. The first-order chi connectivity index (χ1) is 16.4. The van der Waals surface area contributed by atoms with Gasteiger partial charge >= 0.3 is 5.97 Å². The van der Waals surface area contributed by atoms with Gasteiger partial charge in [0.1, 0.15) is 6.61 Å². The number of rotatable bonds is 8. The molecule has 7 nitrogen and oxygen atoms in total. The van der Waals surface area contributed by atoms with Crippen molar-refractivity contribution in [3.05, 3.63) is 69.9 Å². The number of aliphatic imine (C=N–C) groups is 1. The second-order valence-corrected chi connectivity index (χ2v) is 9.59. The van der Waals surface area contributed by atoms with Gasteiger partial charge in [-0.3, -0.25) is 4.79 Å². The number of allylic oxidation sites excluding steroid dienone is 1. The number of aryl methyl sites for hydroxylation is 2. The lowest BCUT2D eigenvalue weighted by atomic mass is 9.90. The smallest absolute Gasteiger partial charge is 0.338 e. The minimum atomic E-state index is -0.433. The van der Waals surface area contributed by atoms with Gasteiger partial charge in [-0.15, -0.1) is 0 Å². The summed E-state index contributed by atoms with van der Waals surface area (Å²) in [4.78, 5) is 32.7. The van der Waals surface area contributed by atoms with E-state index in [1.54, 1.807) is 6.08 Å². The number of carbonyl (C=O) groups excluding carboxylic acids is 2. The van der Waals surface area contributed by atoms with Crippen molar-refractivity contribution in [3.8, 4) is 0 Å². The second-order valence-electron chi connectivity index (χ2n) is 8.76. The average molecular weight is 482 g/mol. The summed E-state index contributed by atoms with van der Waals surface area (Å²) in [6.45, 7) is 10.9. The Bertz CT molecular complexity index is 1090. The van der Waals surface area contributed by atoms with Crippen LogP contribution in [0.5, 0.6) is 0 Å². The Morgan fingerprint density at radius 1 is 1.35 bits per heavy atom. The molecule has 1 amide bonds. The molecule has 0 unspecified atom stereocenters. The van der Waals surface area contributed by atoms with Gasteiger partial charge in [-0.05, 0) is 50.1 Å². The number of hydrogen-bond donors (Lipinski definition) is 1. The highest BCUT2D eigenvalue weighted by Crippen LogP contribution is 2.45. The molecule has 0 aromatic heterocycles. The molecule has 8 heteroatoms. The third-order valence-electron chi connectivity index (χ3n) is 6.17. The molecule has 0 bridgehead atoms. The van der Waals surface area contributed by atoms with Crippen molar-refractivity contribution < 1.29 is 19.1 Å². The molecular formula is C26H31N3O4S. The van der Waals surface area contributed by atoms with Crippen LogP contribution in [0.15, 0.2) is 58.2 Å². The van der Waals surface area contributed by atoms with Gasteiger partial charge in [0.15, 0.2) is 5.17 Å². The summed E-state index contributed by atoms with van der Waals surface area (Å²) < 4.78 is 11.1. The van der Waals surface area contributed by atoms with Gasteiger partial charge in [0, 0.05) is 18.8 Å². The zero-order valence-electron chi connectivity index (χ0n) is 19.9. The number of amidine groups is 1. The number of thioether (sulfide) groups is 1. The number of fused-ring (bicyclic) bond motifs is 1. The summed E-state index contributed by atoms with van der Waals surface area (Å²) in [6.07, 6.45) is 3.82. The van der Waals surface area contributed by atoms with E-state index in [2.05, 4.69) is 18.0 Å². The van der Waals surface area contributed by atoms with Crippen molar-refractivity contribution in [1.82, 2.24) is 10.2 Å². The molecule has 2 atom stereocenters. The fourth-order valence-electron chi connectivity index (χ4n) is 4.53. The predicted octanol–water partition coefficient (Wildman–Crippen LogP) is 4.29. The molecule has 1 N–H and O–H groups in total. The maximum Gasteiger partial charge on any atom is 0.338 e. The fraction of sp³-hybridized carbons (Fsp3) is 0.423. The molecule has 0 radical (unpaired) electrons. The van der Waals surface area contributed by atoms with E-state index in [0.717, 1.165) is 47.0 Å². The third-order valence-corrected chi connectivity index (χ3v) is 7.05. The number of ether oxygens (including phenoxy) is 2. The molecule has 0 aliphatic carbocycles. The summed E-state index contributed by atoms with van der Waals surface area (Å²) >= 11 is 1.47.